The van der Waals surface area contributed by atoms with E-state index in [4.69, 9.17) is 13.1 Å². The first kappa shape index (κ1) is 46.2. The third-order valence-electron chi connectivity index (χ3n) is 6.81. The first-order valence-corrected chi connectivity index (χ1v) is 16.8. The van der Waals surface area contributed by atoms with E-state index in [-0.39, 0.29) is 11.3 Å². The summed E-state index contributed by atoms with van der Waals surface area (Å²) in [7, 11) is 5.47. The van der Waals surface area contributed by atoms with Gasteiger partial charge in [0.1, 0.15) is 11.4 Å². The van der Waals surface area contributed by atoms with Crippen molar-refractivity contribution in [1.82, 2.24) is 9.13 Å². The molecule has 2 heterocycles. The van der Waals surface area contributed by atoms with E-state index >= 15 is 0 Å². The molecular weight excluding hydrogens is 616 g/mol. The number of aliphatic hydroxyl groups is 2. The van der Waals surface area contributed by atoms with E-state index in [1.807, 2.05) is 98.3 Å². The average molecular weight is 675 g/mol. The second kappa shape index (κ2) is 21.9. The summed E-state index contributed by atoms with van der Waals surface area (Å²) in [6, 6.07) is 17.7. The van der Waals surface area contributed by atoms with E-state index in [1.54, 1.807) is 55.8 Å². The Morgan fingerprint density at radius 1 is 0.673 bits per heavy atom. The molecule has 0 aliphatic heterocycles. The fourth-order valence-electron chi connectivity index (χ4n) is 4.58. The van der Waals surface area contributed by atoms with Crippen LogP contribution in [0.4, 0.5) is 23.0 Å². The van der Waals surface area contributed by atoms with Crippen LogP contribution in [0.1, 0.15) is 94.2 Å². The summed E-state index contributed by atoms with van der Waals surface area (Å²) in [6.45, 7) is 36.7. The van der Waals surface area contributed by atoms with Crippen LogP contribution < -0.4 is 5.32 Å². The molecule has 0 atom stereocenters. The Morgan fingerprint density at radius 3 is 1.35 bits per heavy atom. The van der Waals surface area contributed by atoms with Crippen molar-refractivity contribution in [2.24, 2.45) is 14.1 Å². The van der Waals surface area contributed by atoms with Crippen molar-refractivity contribution in [1.29, 1.82) is 0 Å². The number of aromatic nitrogens is 2. The Bertz CT molecular complexity index is 1670. The third-order valence-corrected chi connectivity index (χ3v) is 6.81. The summed E-state index contributed by atoms with van der Waals surface area (Å²) < 4.78 is 3.57. The smallest absolute Gasteiger partial charge is 0.275 e. The van der Waals surface area contributed by atoms with Crippen LogP contribution in [-0.4, -0.2) is 31.3 Å². The first-order valence-electron chi connectivity index (χ1n) is 16.8. The maximum absolute atomic E-state index is 11.1. The average Bonchev–Trinajstić information content (AvgIpc) is 3.68. The molecule has 4 aromatic rings. The van der Waals surface area contributed by atoms with Gasteiger partial charge in [0, 0.05) is 35.5 Å². The molecular formula is C39H58N6O4. The number of nitro benzene ring substituents is 1. The number of nitro groups is 1. The monoisotopic (exact) mass is 674 g/mol. The Morgan fingerprint density at radius 2 is 1.04 bits per heavy atom. The number of nitrogens with zero attached hydrogens (tertiary/aromatic N) is 5. The Hall–Kier alpha value is -4.90. The highest BCUT2D eigenvalue weighted by Gasteiger charge is 2.28. The summed E-state index contributed by atoms with van der Waals surface area (Å²) in [5.41, 5.74) is 3.04. The van der Waals surface area contributed by atoms with E-state index in [0.29, 0.717) is 11.6 Å². The minimum absolute atomic E-state index is 0.120. The van der Waals surface area contributed by atoms with Gasteiger partial charge in [0.15, 0.2) is 0 Å². The quantitative estimate of drug-likeness (QED) is 0.107. The molecule has 0 saturated carbocycles. The molecule has 10 nitrogen and oxygen atoms in total. The van der Waals surface area contributed by atoms with Crippen LogP contribution in [0, 0.1) is 23.3 Å². The summed E-state index contributed by atoms with van der Waals surface area (Å²) in [6.07, 6.45) is 0. The lowest BCUT2D eigenvalue weighted by Crippen LogP contribution is -2.17. The Balaban J connectivity index is 0. The number of hydrogen-bond acceptors (Lipinski definition) is 5. The van der Waals surface area contributed by atoms with Crippen LogP contribution >= 0.6 is 0 Å². The van der Waals surface area contributed by atoms with Crippen molar-refractivity contribution in [2.75, 3.05) is 12.4 Å². The summed E-state index contributed by atoms with van der Waals surface area (Å²) >= 11 is 0. The number of benzene rings is 2. The van der Waals surface area contributed by atoms with Gasteiger partial charge in [-0.05, 0) is 82.3 Å². The molecule has 268 valence electrons. The second-order valence-electron chi connectivity index (χ2n) is 10.6. The highest BCUT2D eigenvalue weighted by molar-refractivity contribution is 5.70. The van der Waals surface area contributed by atoms with Crippen molar-refractivity contribution in [3.63, 3.8) is 0 Å². The zero-order valence-corrected chi connectivity index (χ0v) is 32.2. The van der Waals surface area contributed by atoms with Crippen molar-refractivity contribution in [3.05, 3.63) is 105 Å². The van der Waals surface area contributed by atoms with Gasteiger partial charge in [-0.25, -0.2) is 0 Å². The largest absolute Gasteiger partial charge is 0.388 e. The van der Waals surface area contributed by atoms with Crippen LogP contribution in [0.15, 0.2) is 60.7 Å². The molecule has 0 aliphatic rings. The summed E-state index contributed by atoms with van der Waals surface area (Å²) in [5.74, 6) is 1.08. The van der Waals surface area contributed by atoms with Gasteiger partial charge in [-0.1, -0.05) is 68.5 Å². The molecule has 0 spiro atoms. The van der Waals surface area contributed by atoms with Crippen LogP contribution in [-0.2, 0) is 25.3 Å². The maximum atomic E-state index is 11.1. The summed E-state index contributed by atoms with van der Waals surface area (Å²) in [4.78, 5) is 17.4. The molecule has 2 aromatic carbocycles. The fraction of sp³-hybridized carbons (Fsp3) is 0.436. The van der Waals surface area contributed by atoms with E-state index in [1.165, 1.54) is 19.9 Å². The molecule has 0 aliphatic carbocycles. The highest BCUT2D eigenvalue weighted by Crippen LogP contribution is 2.36. The van der Waals surface area contributed by atoms with Gasteiger partial charge in [0.25, 0.3) is 5.69 Å². The van der Waals surface area contributed by atoms with E-state index < -0.39 is 16.1 Å². The molecule has 3 N–H and O–H groups in total. The standard InChI is InChI=1S/C16H19N3O.C15H15N3O3.4C2H6/c1-16(2,20)12-10-11(6-7-13(12)17-3)14-8-9-15(18-4)19(14)5;1-15(2,19)11-9-10(5-6-13(11)18(20)21)12-7-8-14(16-3)17(12)4;4*1-2/h6-10,17,20H,1-3,5H3;5-9,19H,1-2,4H3;4*1-2H3. The van der Waals surface area contributed by atoms with Crippen LogP contribution in [0.25, 0.3) is 32.2 Å². The maximum Gasteiger partial charge on any atom is 0.275 e. The van der Waals surface area contributed by atoms with Crippen molar-refractivity contribution < 1.29 is 15.1 Å². The number of anilines is 1. The fourth-order valence-corrected chi connectivity index (χ4v) is 4.58. The van der Waals surface area contributed by atoms with E-state index in [9.17, 15) is 20.3 Å². The van der Waals surface area contributed by atoms with Gasteiger partial charge in [-0.15, -0.1) is 0 Å². The van der Waals surface area contributed by atoms with Gasteiger partial charge in [-0.3, -0.25) is 19.2 Å². The van der Waals surface area contributed by atoms with Crippen molar-refractivity contribution >= 4 is 23.0 Å². The van der Waals surface area contributed by atoms with E-state index in [2.05, 4.69) is 15.0 Å². The molecule has 0 unspecified atom stereocenters. The van der Waals surface area contributed by atoms with Gasteiger partial charge in [0.05, 0.1) is 35.8 Å². The van der Waals surface area contributed by atoms with Crippen molar-refractivity contribution in [3.8, 4) is 22.5 Å². The molecule has 0 bridgehead atoms. The molecule has 0 saturated heterocycles. The molecule has 0 radical (unpaired) electrons. The minimum Gasteiger partial charge on any atom is -0.388 e. The van der Waals surface area contributed by atoms with Crippen molar-refractivity contribution in [2.45, 2.75) is 94.3 Å². The Labute approximate surface area is 294 Å². The lowest BCUT2D eigenvalue weighted by atomic mass is 9.93. The molecule has 4 rings (SSSR count). The highest BCUT2D eigenvalue weighted by atomic mass is 16.6. The third kappa shape index (κ3) is 12.2. The summed E-state index contributed by atoms with van der Waals surface area (Å²) in [5, 5.41) is 34.6. The Kier molecular flexibility index (Phi) is 20.6. The number of rotatable bonds is 6. The minimum atomic E-state index is -1.33. The molecule has 49 heavy (non-hydrogen) atoms. The van der Waals surface area contributed by atoms with Crippen LogP contribution in [0.3, 0.4) is 0 Å². The zero-order chi connectivity index (χ0) is 38.7. The number of hydrogen-bond donors (Lipinski definition) is 3. The number of nitrogens with one attached hydrogen (secondary N) is 1. The first-order chi connectivity index (χ1) is 23.1. The van der Waals surface area contributed by atoms with Gasteiger partial charge in [-0.2, -0.15) is 0 Å². The lowest BCUT2D eigenvalue weighted by Gasteiger charge is -2.22. The van der Waals surface area contributed by atoms with Crippen LogP contribution in [0.5, 0.6) is 0 Å². The molecule has 0 amide bonds. The predicted molar refractivity (Wildman–Crippen MR) is 206 cm³/mol. The molecule has 2 aromatic heterocycles. The van der Waals surface area contributed by atoms with E-state index in [0.717, 1.165) is 33.8 Å². The van der Waals surface area contributed by atoms with Gasteiger partial charge in [0.2, 0.25) is 11.6 Å². The second-order valence-corrected chi connectivity index (χ2v) is 10.6. The molecule has 0 fully saturated rings. The lowest BCUT2D eigenvalue weighted by molar-refractivity contribution is -0.386. The topological polar surface area (TPSA) is 114 Å². The normalized spacial score (nSPS) is 9.86. The van der Waals surface area contributed by atoms with Gasteiger partial charge >= 0.3 is 0 Å². The SMILES string of the molecule is CC.CC.CC.CC.[C-]#[N+]c1ccc(-c2ccc(NC)c(C(C)(C)O)c2)n1C.[C-]#[N+]c1ccc(-c2ccc([N+](=O)[O-])c(C(C)(C)O)c2)n1C. The zero-order valence-electron chi connectivity index (χ0n) is 32.2. The predicted octanol–water partition coefficient (Wildman–Crippen LogP) is 11.0. The van der Waals surface area contributed by atoms with Crippen LogP contribution in [0.2, 0.25) is 0 Å². The van der Waals surface area contributed by atoms with Gasteiger partial charge < -0.3 is 25.2 Å². The molecule has 10 heteroatoms.